The molecule has 0 unspecified atom stereocenters. The first-order chi connectivity index (χ1) is 9.52. The summed E-state index contributed by atoms with van der Waals surface area (Å²) < 4.78 is 5.58. The lowest BCUT2D eigenvalue weighted by molar-refractivity contribution is 0.442. The number of allylic oxidation sites excluding steroid dienone is 1. The van der Waals surface area contributed by atoms with Gasteiger partial charge >= 0.3 is 6.01 Å². The molecular weight excluding hydrogens is 319 g/mol. The van der Waals surface area contributed by atoms with Crippen molar-refractivity contribution in [3.63, 3.8) is 0 Å². The van der Waals surface area contributed by atoms with Gasteiger partial charge in [0.15, 0.2) is 0 Å². The van der Waals surface area contributed by atoms with Gasteiger partial charge in [0.05, 0.1) is 5.02 Å². The molecule has 0 saturated heterocycles. The largest absolute Gasteiger partial charge is 0.423 e. The zero-order valence-electron chi connectivity index (χ0n) is 10.5. The predicted molar refractivity (Wildman–Crippen MR) is 80.9 cm³/mol. The minimum atomic E-state index is 0.0723. The van der Waals surface area contributed by atoms with Crippen LogP contribution in [0.4, 0.5) is 0 Å². The Morgan fingerprint density at radius 1 is 1.10 bits per heavy atom. The number of ether oxygens (including phenoxy) is 1. The molecule has 1 aliphatic rings. The number of fused-ring (bicyclic) bond motifs is 1. The summed E-state index contributed by atoms with van der Waals surface area (Å²) in [6, 6.07) is 5.29. The van der Waals surface area contributed by atoms with E-state index in [1.54, 1.807) is 6.07 Å². The molecule has 3 rings (SSSR count). The highest BCUT2D eigenvalue weighted by molar-refractivity contribution is 6.34. The first kappa shape index (κ1) is 13.7. The Kier molecular flexibility index (Phi) is 3.59. The summed E-state index contributed by atoms with van der Waals surface area (Å²) in [6.45, 7) is 2.07. The van der Waals surface area contributed by atoms with E-state index >= 15 is 0 Å². The number of aromatic nitrogens is 2. The van der Waals surface area contributed by atoms with E-state index in [0.29, 0.717) is 10.8 Å². The molecule has 3 nitrogen and oxygen atoms in total. The van der Waals surface area contributed by atoms with E-state index in [1.165, 1.54) is 17.2 Å². The maximum atomic E-state index is 6.36. The number of halogens is 3. The molecule has 1 aromatic carbocycles. The lowest BCUT2D eigenvalue weighted by Gasteiger charge is -2.09. The third-order valence-electron chi connectivity index (χ3n) is 2.94. The van der Waals surface area contributed by atoms with E-state index in [-0.39, 0.29) is 16.3 Å². The second kappa shape index (κ2) is 5.24. The molecule has 0 saturated carbocycles. The molecule has 0 amide bonds. The van der Waals surface area contributed by atoms with Gasteiger partial charge in [0.2, 0.25) is 0 Å². The first-order valence-corrected chi connectivity index (χ1v) is 7.03. The van der Waals surface area contributed by atoms with E-state index < -0.39 is 0 Å². The van der Waals surface area contributed by atoms with Crippen LogP contribution < -0.4 is 4.74 Å². The minimum Gasteiger partial charge on any atom is -0.423 e. The van der Waals surface area contributed by atoms with E-state index in [4.69, 9.17) is 39.5 Å². The zero-order chi connectivity index (χ0) is 14.3. The van der Waals surface area contributed by atoms with Crippen molar-refractivity contribution in [2.24, 2.45) is 0 Å². The van der Waals surface area contributed by atoms with E-state index in [0.717, 1.165) is 12.0 Å². The van der Waals surface area contributed by atoms with Gasteiger partial charge in [0.25, 0.3) is 0 Å². The number of hydrogen-bond acceptors (Lipinski definition) is 3. The number of benzene rings is 1. The van der Waals surface area contributed by atoms with E-state index in [2.05, 4.69) is 23.0 Å². The van der Waals surface area contributed by atoms with E-state index in [1.807, 2.05) is 6.07 Å². The fourth-order valence-electron chi connectivity index (χ4n) is 2.11. The van der Waals surface area contributed by atoms with Gasteiger partial charge in [-0.1, -0.05) is 52.5 Å². The van der Waals surface area contributed by atoms with Crippen molar-refractivity contribution >= 4 is 40.9 Å². The van der Waals surface area contributed by atoms with Crippen molar-refractivity contribution in [1.29, 1.82) is 0 Å². The molecule has 6 heteroatoms. The lowest BCUT2D eigenvalue weighted by Crippen LogP contribution is -1.94. The number of rotatable bonds is 2. The van der Waals surface area contributed by atoms with Gasteiger partial charge < -0.3 is 4.74 Å². The van der Waals surface area contributed by atoms with Crippen molar-refractivity contribution in [2.75, 3.05) is 0 Å². The molecule has 0 N–H and O–H groups in total. The molecular formula is C14H9Cl3N2O. The highest BCUT2D eigenvalue weighted by Crippen LogP contribution is 2.38. The zero-order valence-corrected chi connectivity index (χ0v) is 12.7. The van der Waals surface area contributed by atoms with Gasteiger partial charge in [-0.25, -0.2) is 0 Å². The number of nitrogens with zero attached hydrogens (tertiary/aromatic N) is 2. The number of hydrogen-bond donors (Lipinski definition) is 0. The Morgan fingerprint density at radius 2 is 1.80 bits per heavy atom. The van der Waals surface area contributed by atoms with Crippen LogP contribution in [0.2, 0.25) is 15.3 Å². The van der Waals surface area contributed by atoms with Crippen LogP contribution >= 0.6 is 34.8 Å². The topological polar surface area (TPSA) is 35.0 Å². The smallest absolute Gasteiger partial charge is 0.324 e. The molecule has 20 heavy (non-hydrogen) atoms. The summed E-state index contributed by atoms with van der Waals surface area (Å²) in [7, 11) is 0. The quantitative estimate of drug-likeness (QED) is 0.712. The Labute approximate surface area is 131 Å². The highest BCUT2D eigenvalue weighted by Gasteiger charge is 2.17. The van der Waals surface area contributed by atoms with Gasteiger partial charge in [-0.05, 0) is 25.0 Å². The lowest BCUT2D eigenvalue weighted by atomic mass is 10.1. The fraction of sp³-hybridized carbons (Fsp3) is 0.143. The van der Waals surface area contributed by atoms with Crippen LogP contribution in [0, 0.1) is 0 Å². The van der Waals surface area contributed by atoms with Gasteiger partial charge in [0.1, 0.15) is 16.1 Å². The van der Waals surface area contributed by atoms with Gasteiger partial charge in [0, 0.05) is 11.6 Å². The molecule has 102 valence electrons. The van der Waals surface area contributed by atoms with E-state index in [9.17, 15) is 0 Å². The molecule has 1 aromatic heterocycles. The molecule has 1 aliphatic carbocycles. The third kappa shape index (κ3) is 2.62. The summed E-state index contributed by atoms with van der Waals surface area (Å²) in [5.74, 6) is 0.481. The molecule has 0 aliphatic heterocycles. The molecule has 0 bridgehead atoms. The average molecular weight is 328 g/mol. The SMILES string of the molecule is CC1=Cc2c(ccc(Oc3nc(Cl)cc(Cl)n3)c2Cl)C1. The standard InChI is InChI=1S/C14H9Cl3N2O/c1-7-4-8-2-3-10(13(17)9(8)5-7)20-14-18-11(15)6-12(16)19-14/h2-3,5-6H,4H2,1H3. The summed E-state index contributed by atoms with van der Waals surface area (Å²) >= 11 is 18.0. The maximum Gasteiger partial charge on any atom is 0.324 e. The Bertz CT molecular complexity index is 708. The Morgan fingerprint density at radius 3 is 2.50 bits per heavy atom. The summed E-state index contributed by atoms with van der Waals surface area (Å²) in [5.41, 5.74) is 3.43. The second-order valence-corrected chi connectivity index (χ2v) is 5.67. The Balaban J connectivity index is 1.98. The van der Waals surface area contributed by atoms with Crippen molar-refractivity contribution in [2.45, 2.75) is 13.3 Å². The van der Waals surface area contributed by atoms with Crippen LogP contribution in [0.25, 0.3) is 6.08 Å². The Hall–Kier alpha value is -1.29. The fourth-order valence-corrected chi connectivity index (χ4v) is 2.80. The molecule has 1 heterocycles. The molecule has 2 aromatic rings. The van der Waals surface area contributed by atoms with Gasteiger partial charge in [-0.2, -0.15) is 9.97 Å². The third-order valence-corrected chi connectivity index (χ3v) is 3.72. The van der Waals surface area contributed by atoms with Crippen LogP contribution in [0.15, 0.2) is 23.8 Å². The normalized spacial score (nSPS) is 13.1. The molecule has 0 spiro atoms. The van der Waals surface area contributed by atoms with Crippen LogP contribution in [0.5, 0.6) is 11.8 Å². The maximum absolute atomic E-state index is 6.36. The molecule has 0 atom stereocenters. The van der Waals surface area contributed by atoms with Gasteiger partial charge in [-0.15, -0.1) is 0 Å². The van der Waals surface area contributed by atoms with Crippen molar-refractivity contribution in [3.8, 4) is 11.8 Å². The monoisotopic (exact) mass is 326 g/mol. The van der Waals surface area contributed by atoms with Gasteiger partial charge in [-0.3, -0.25) is 0 Å². The average Bonchev–Trinajstić information content (AvgIpc) is 2.73. The highest BCUT2D eigenvalue weighted by atomic mass is 35.5. The summed E-state index contributed by atoms with van der Waals surface area (Å²) in [4.78, 5) is 7.91. The van der Waals surface area contributed by atoms with Crippen molar-refractivity contribution < 1.29 is 4.74 Å². The van der Waals surface area contributed by atoms with Crippen molar-refractivity contribution in [3.05, 3.63) is 50.2 Å². The first-order valence-electron chi connectivity index (χ1n) is 5.89. The predicted octanol–water partition coefficient (Wildman–Crippen LogP) is 5.19. The second-order valence-electron chi connectivity index (χ2n) is 4.52. The van der Waals surface area contributed by atoms with Crippen LogP contribution in [-0.4, -0.2) is 9.97 Å². The van der Waals surface area contributed by atoms with Crippen LogP contribution in [-0.2, 0) is 6.42 Å². The minimum absolute atomic E-state index is 0.0723. The molecule has 0 radical (unpaired) electrons. The summed E-state index contributed by atoms with van der Waals surface area (Å²) in [5, 5.41) is 0.972. The van der Waals surface area contributed by atoms with Crippen LogP contribution in [0.3, 0.4) is 0 Å². The van der Waals surface area contributed by atoms with Crippen molar-refractivity contribution in [1.82, 2.24) is 9.97 Å². The van der Waals surface area contributed by atoms with Crippen LogP contribution in [0.1, 0.15) is 18.1 Å². The summed E-state index contributed by atoms with van der Waals surface area (Å²) in [6.07, 6.45) is 2.96. The molecule has 0 fully saturated rings.